The number of hydrogen-bond acceptors (Lipinski definition) is 6. The van der Waals surface area contributed by atoms with Gasteiger partial charge in [-0.3, -0.25) is 4.79 Å². The fraction of sp³-hybridized carbons (Fsp3) is 0.556. The van der Waals surface area contributed by atoms with E-state index in [9.17, 15) is 10.1 Å². The van der Waals surface area contributed by atoms with Gasteiger partial charge in [0.15, 0.2) is 5.88 Å². The molecule has 2 rings (SSSR count). The standard InChI is InChI=1S/C18H25N3O4/c1-14(2)24-9-3-6-20-18(22)15(13-19)12-16-4-5-17(25-16)21-7-10-23-11-8-21/h4-5,12,14H,3,6-11H2,1-2H3,(H,20,22)/b15-12-. The summed E-state index contributed by atoms with van der Waals surface area (Å²) in [7, 11) is 0. The number of furan rings is 1. The third-order valence-electron chi connectivity index (χ3n) is 3.64. The summed E-state index contributed by atoms with van der Waals surface area (Å²) in [4.78, 5) is 14.1. The molecule has 1 aliphatic rings. The predicted octanol–water partition coefficient (Wildman–Crippen LogP) is 1.95. The molecule has 1 saturated heterocycles. The Morgan fingerprint density at radius 2 is 2.20 bits per heavy atom. The molecule has 0 atom stereocenters. The topological polar surface area (TPSA) is 87.7 Å². The predicted molar refractivity (Wildman–Crippen MR) is 94.0 cm³/mol. The molecule has 1 amide bonds. The largest absolute Gasteiger partial charge is 0.441 e. The van der Waals surface area contributed by atoms with Crippen molar-refractivity contribution < 1.29 is 18.7 Å². The lowest BCUT2D eigenvalue weighted by molar-refractivity contribution is -0.117. The third-order valence-corrected chi connectivity index (χ3v) is 3.64. The van der Waals surface area contributed by atoms with Crippen molar-refractivity contribution in [1.82, 2.24) is 5.32 Å². The Bertz CT molecular complexity index is 625. The van der Waals surface area contributed by atoms with E-state index >= 15 is 0 Å². The van der Waals surface area contributed by atoms with Gasteiger partial charge >= 0.3 is 0 Å². The quantitative estimate of drug-likeness (QED) is 0.439. The zero-order valence-electron chi connectivity index (χ0n) is 14.8. The minimum absolute atomic E-state index is 0.0210. The van der Waals surface area contributed by atoms with E-state index in [4.69, 9.17) is 13.9 Å². The van der Waals surface area contributed by atoms with Gasteiger partial charge in [0.1, 0.15) is 17.4 Å². The Labute approximate surface area is 148 Å². The van der Waals surface area contributed by atoms with Crippen LogP contribution in [0, 0.1) is 11.3 Å². The molecule has 1 N–H and O–H groups in total. The highest BCUT2D eigenvalue weighted by Gasteiger charge is 2.15. The molecule has 0 aliphatic carbocycles. The van der Waals surface area contributed by atoms with E-state index in [1.54, 1.807) is 6.07 Å². The first kappa shape index (κ1) is 19.0. The molecule has 136 valence electrons. The van der Waals surface area contributed by atoms with Crippen LogP contribution in [0.15, 0.2) is 22.1 Å². The lowest BCUT2D eigenvalue weighted by Gasteiger charge is -2.26. The first-order valence-electron chi connectivity index (χ1n) is 8.54. The van der Waals surface area contributed by atoms with Crippen molar-refractivity contribution in [1.29, 1.82) is 5.26 Å². The molecule has 0 saturated carbocycles. The van der Waals surface area contributed by atoms with Crippen molar-refractivity contribution >= 4 is 17.9 Å². The van der Waals surface area contributed by atoms with Crippen LogP contribution in [0.25, 0.3) is 6.08 Å². The van der Waals surface area contributed by atoms with Crippen molar-refractivity contribution in [2.45, 2.75) is 26.4 Å². The first-order valence-corrected chi connectivity index (χ1v) is 8.54. The monoisotopic (exact) mass is 347 g/mol. The lowest BCUT2D eigenvalue weighted by Crippen LogP contribution is -2.35. The number of ether oxygens (including phenoxy) is 2. The molecule has 0 radical (unpaired) electrons. The second kappa shape index (κ2) is 9.87. The fourth-order valence-electron chi connectivity index (χ4n) is 2.35. The van der Waals surface area contributed by atoms with Gasteiger partial charge in [0.05, 0.1) is 19.3 Å². The highest BCUT2D eigenvalue weighted by Crippen LogP contribution is 2.21. The summed E-state index contributed by atoms with van der Waals surface area (Å²) in [6.07, 6.45) is 2.33. The zero-order chi connectivity index (χ0) is 18.1. The number of nitrogens with one attached hydrogen (secondary N) is 1. The first-order chi connectivity index (χ1) is 12.1. The van der Waals surface area contributed by atoms with Crippen LogP contribution in [0.2, 0.25) is 0 Å². The molecule has 0 spiro atoms. The van der Waals surface area contributed by atoms with E-state index in [-0.39, 0.29) is 11.7 Å². The van der Waals surface area contributed by atoms with E-state index < -0.39 is 5.91 Å². The van der Waals surface area contributed by atoms with Crippen LogP contribution >= 0.6 is 0 Å². The molecule has 7 heteroatoms. The van der Waals surface area contributed by atoms with Crippen LogP contribution in [0.3, 0.4) is 0 Å². The van der Waals surface area contributed by atoms with Gasteiger partial charge in [0, 0.05) is 38.4 Å². The Hall–Kier alpha value is -2.30. The SMILES string of the molecule is CC(C)OCCCNC(=O)/C(C#N)=C\c1ccc(N2CCOCC2)o1. The van der Waals surface area contributed by atoms with E-state index in [1.165, 1.54) is 6.08 Å². The molecule has 1 fully saturated rings. The van der Waals surface area contributed by atoms with Gasteiger partial charge in [-0.15, -0.1) is 0 Å². The van der Waals surface area contributed by atoms with Gasteiger partial charge in [-0.2, -0.15) is 5.26 Å². The number of carbonyl (C=O) groups is 1. The summed E-state index contributed by atoms with van der Waals surface area (Å²) in [6, 6.07) is 5.52. The van der Waals surface area contributed by atoms with Gasteiger partial charge in [0.2, 0.25) is 0 Å². The highest BCUT2D eigenvalue weighted by molar-refractivity contribution is 6.01. The van der Waals surface area contributed by atoms with Gasteiger partial charge in [-0.25, -0.2) is 0 Å². The van der Waals surface area contributed by atoms with Crippen molar-refractivity contribution in [2.24, 2.45) is 0 Å². The highest BCUT2D eigenvalue weighted by atomic mass is 16.5. The number of morpholine rings is 1. The maximum Gasteiger partial charge on any atom is 0.262 e. The molecule has 0 aromatic carbocycles. The van der Waals surface area contributed by atoms with Gasteiger partial charge in [-0.1, -0.05) is 0 Å². The Balaban J connectivity index is 1.87. The minimum atomic E-state index is -0.406. The fourth-order valence-corrected chi connectivity index (χ4v) is 2.35. The summed E-state index contributed by atoms with van der Waals surface area (Å²) >= 11 is 0. The number of rotatable bonds is 8. The second-order valence-electron chi connectivity index (χ2n) is 5.97. The van der Waals surface area contributed by atoms with Gasteiger partial charge < -0.3 is 24.1 Å². The van der Waals surface area contributed by atoms with E-state index in [0.717, 1.165) is 19.0 Å². The minimum Gasteiger partial charge on any atom is -0.441 e. The molecule has 0 unspecified atom stereocenters. The van der Waals surface area contributed by atoms with Gasteiger partial charge in [0.25, 0.3) is 5.91 Å². The summed E-state index contributed by atoms with van der Waals surface area (Å²) in [5.74, 6) is 0.797. The van der Waals surface area contributed by atoms with Crippen molar-refractivity contribution in [3.63, 3.8) is 0 Å². The van der Waals surface area contributed by atoms with Crippen molar-refractivity contribution in [3.05, 3.63) is 23.5 Å². The Morgan fingerprint density at radius 1 is 1.44 bits per heavy atom. The van der Waals surface area contributed by atoms with E-state index in [0.29, 0.717) is 38.5 Å². The summed E-state index contributed by atoms with van der Waals surface area (Å²) in [5.41, 5.74) is 0.0210. The van der Waals surface area contributed by atoms with Crippen LogP contribution in [0.5, 0.6) is 0 Å². The maximum absolute atomic E-state index is 12.1. The van der Waals surface area contributed by atoms with Crippen LogP contribution in [-0.2, 0) is 14.3 Å². The summed E-state index contributed by atoms with van der Waals surface area (Å²) in [5, 5.41) is 11.9. The van der Waals surface area contributed by atoms with E-state index in [2.05, 4.69) is 10.2 Å². The molecular weight excluding hydrogens is 322 g/mol. The summed E-state index contributed by atoms with van der Waals surface area (Å²) < 4.78 is 16.4. The Morgan fingerprint density at radius 3 is 2.88 bits per heavy atom. The third kappa shape index (κ3) is 6.25. The van der Waals surface area contributed by atoms with Crippen LogP contribution in [0.1, 0.15) is 26.0 Å². The van der Waals surface area contributed by atoms with Crippen molar-refractivity contribution in [3.8, 4) is 6.07 Å². The molecule has 0 bridgehead atoms. The number of nitrogens with zero attached hydrogens (tertiary/aromatic N) is 2. The average Bonchev–Trinajstić information content (AvgIpc) is 3.08. The molecule has 25 heavy (non-hydrogen) atoms. The molecule has 1 aromatic heterocycles. The van der Waals surface area contributed by atoms with Gasteiger partial charge in [-0.05, 0) is 26.3 Å². The second-order valence-corrected chi connectivity index (χ2v) is 5.97. The van der Waals surface area contributed by atoms with Crippen LogP contribution < -0.4 is 10.2 Å². The lowest BCUT2D eigenvalue weighted by atomic mass is 10.2. The molecule has 7 nitrogen and oxygen atoms in total. The normalized spacial score (nSPS) is 15.3. The zero-order valence-corrected chi connectivity index (χ0v) is 14.8. The number of amides is 1. The molecular formula is C18H25N3O4. The average molecular weight is 347 g/mol. The van der Waals surface area contributed by atoms with Crippen LogP contribution in [0.4, 0.5) is 5.88 Å². The maximum atomic E-state index is 12.1. The number of carbonyl (C=O) groups excluding carboxylic acids is 1. The molecule has 1 aromatic rings. The number of nitriles is 1. The number of hydrogen-bond donors (Lipinski definition) is 1. The molecule has 1 aliphatic heterocycles. The number of anilines is 1. The molecule has 2 heterocycles. The smallest absolute Gasteiger partial charge is 0.262 e. The van der Waals surface area contributed by atoms with Crippen LogP contribution in [-0.4, -0.2) is 51.5 Å². The summed E-state index contributed by atoms with van der Waals surface area (Å²) in [6.45, 7) is 7.82. The Kier molecular flexibility index (Phi) is 7.51. The van der Waals surface area contributed by atoms with Crippen molar-refractivity contribution in [2.75, 3.05) is 44.4 Å². The van der Waals surface area contributed by atoms with E-state index in [1.807, 2.05) is 26.0 Å².